The highest BCUT2D eigenvalue weighted by atomic mass is 79.9. The Hall–Kier alpha value is -2.10. The first kappa shape index (κ1) is 17.3. The van der Waals surface area contributed by atoms with E-state index in [9.17, 15) is 13.7 Å². The molecule has 0 aliphatic heterocycles. The summed E-state index contributed by atoms with van der Waals surface area (Å²) in [6.07, 6.45) is 1.35. The summed E-state index contributed by atoms with van der Waals surface area (Å²) in [6.45, 7) is 3.74. The van der Waals surface area contributed by atoms with Gasteiger partial charge in [-0.15, -0.1) is 0 Å². The first-order valence-corrected chi connectivity index (χ1v) is 9.07. The van der Waals surface area contributed by atoms with Crippen molar-refractivity contribution < 1.29 is 8.42 Å². The smallest absolute Gasteiger partial charge is 0.272 e. The highest BCUT2D eigenvalue weighted by Crippen LogP contribution is 2.21. The predicted molar refractivity (Wildman–Crippen MR) is 96.2 cm³/mol. The quantitative estimate of drug-likeness (QED) is 0.787. The zero-order valence-corrected chi connectivity index (χ0v) is 15.1. The first-order chi connectivity index (χ1) is 10.8. The molecule has 0 aliphatic rings. The normalized spacial score (nSPS) is 11.8. The summed E-state index contributed by atoms with van der Waals surface area (Å²) >= 11 is 3.31. The molecule has 1 N–H and O–H groups in total. The first-order valence-electron chi connectivity index (χ1n) is 6.79. The van der Waals surface area contributed by atoms with E-state index < -0.39 is 10.0 Å². The number of rotatable bonds is 4. The summed E-state index contributed by atoms with van der Waals surface area (Å²) in [7, 11) is -3.93. The Morgan fingerprint density at radius 1 is 1.17 bits per heavy atom. The van der Waals surface area contributed by atoms with Crippen molar-refractivity contribution in [1.82, 2.24) is 0 Å². The van der Waals surface area contributed by atoms with Crippen molar-refractivity contribution >= 4 is 37.7 Å². The molecule has 2 rings (SSSR count). The summed E-state index contributed by atoms with van der Waals surface area (Å²) < 4.78 is 28.2. The van der Waals surface area contributed by atoms with Crippen molar-refractivity contribution in [1.29, 1.82) is 5.26 Å². The lowest BCUT2D eigenvalue weighted by atomic mass is 10.1. The average Bonchev–Trinajstić information content (AvgIpc) is 2.49. The van der Waals surface area contributed by atoms with E-state index in [1.807, 2.05) is 26.0 Å². The number of anilines is 1. The molecule has 0 heterocycles. The number of nitrogens with zero attached hydrogens (tertiary/aromatic N) is 1. The minimum Gasteiger partial charge on any atom is -0.279 e. The maximum absolute atomic E-state index is 12.4. The number of aryl methyl sites for hydroxylation is 2. The Bertz CT molecular complexity index is 895. The lowest BCUT2D eigenvalue weighted by molar-refractivity contribution is 0.608. The van der Waals surface area contributed by atoms with Crippen LogP contribution in [0.5, 0.6) is 0 Å². The Kier molecular flexibility index (Phi) is 5.24. The van der Waals surface area contributed by atoms with Crippen LogP contribution in [-0.2, 0) is 10.0 Å². The number of hydrogen-bond acceptors (Lipinski definition) is 3. The second-order valence-electron chi connectivity index (χ2n) is 5.10. The summed E-state index contributed by atoms with van der Waals surface area (Å²) in [5, 5.41) is 9.22. The Morgan fingerprint density at radius 3 is 2.39 bits per heavy atom. The van der Waals surface area contributed by atoms with Crippen LogP contribution in [0.15, 0.2) is 51.8 Å². The molecule has 0 aliphatic carbocycles. The second kappa shape index (κ2) is 6.99. The van der Waals surface area contributed by atoms with Gasteiger partial charge in [-0.2, -0.15) is 5.26 Å². The van der Waals surface area contributed by atoms with Crippen LogP contribution in [0.2, 0.25) is 0 Å². The largest absolute Gasteiger partial charge is 0.279 e. The van der Waals surface area contributed by atoms with Crippen molar-refractivity contribution in [3.8, 4) is 6.07 Å². The molecule has 0 amide bonds. The van der Waals surface area contributed by atoms with Gasteiger partial charge < -0.3 is 0 Å². The molecule has 0 radical (unpaired) electrons. The van der Waals surface area contributed by atoms with E-state index in [4.69, 9.17) is 0 Å². The van der Waals surface area contributed by atoms with Crippen LogP contribution in [0.25, 0.3) is 6.08 Å². The lowest BCUT2D eigenvalue weighted by Gasteiger charge is -2.10. The monoisotopic (exact) mass is 390 g/mol. The molecular weight excluding hydrogens is 376 g/mol. The van der Waals surface area contributed by atoms with Crippen LogP contribution in [0.4, 0.5) is 5.69 Å². The number of halogens is 1. The Balaban J connectivity index is 2.36. The Morgan fingerprint density at radius 2 is 1.83 bits per heavy atom. The van der Waals surface area contributed by atoms with Crippen molar-refractivity contribution in [3.63, 3.8) is 0 Å². The molecule has 0 unspecified atom stereocenters. The van der Waals surface area contributed by atoms with E-state index >= 15 is 0 Å². The predicted octanol–water partition coefficient (Wildman–Crippen LogP) is 4.37. The molecule has 23 heavy (non-hydrogen) atoms. The van der Waals surface area contributed by atoms with E-state index in [1.165, 1.54) is 6.08 Å². The molecule has 0 aromatic heterocycles. The SMILES string of the molecule is Cc1ccc(NS(=O)(=O)/C(C#N)=C/c2ccc(Br)cc2)c(C)c1. The maximum atomic E-state index is 12.4. The third-order valence-corrected chi connectivity index (χ3v) is 5.00. The number of nitrogens with one attached hydrogen (secondary N) is 1. The molecule has 0 atom stereocenters. The second-order valence-corrected chi connectivity index (χ2v) is 7.66. The average molecular weight is 391 g/mol. The molecule has 2 aromatic rings. The van der Waals surface area contributed by atoms with E-state index in [0.29, 0.717) is 11.3 Å². The molecule has 6 heteroatoms. The number of hydrogen-bond donors (Lipinski definition) is 1. The van der Waals surface area contributed by atoms with Gasteiger partial charge in [-0.05, 0) is 49.2 Å². The van der Waals surface area contributed by atoms with Gasteiger partial charge in [0.15, 0.2) is 4.91 Å². The zero-order valence-electron chi connectivity index (χ0n) is 12.7. The molecule has 4 nitrogen and oxygen atoms in total. The minimum atomic E-state index is -3.93. The number of nitriles is 1. The van der Waals surface area contributed by atoms with Gasteiger partial charge in [0.1, 0.15) is 6.07 Å². The van der Waals surface area contributed by atoms with Crippen molar-refractivity contribution in [2.24, 2.45) is 0 Å². The van der Waals surface area contributed by atoms with Gasteiger partial charge in [-0.25, -0.2) is 8.42 Å². The summed E-state index contributed by atoms with van der Waals surface area (Å²) in [4.78, 5) is -0.334. The van der Waals surface area contributed by atoms with Crippen LogP contribution < -0.4 is 4.72 Å². The third kappa shape index (κ3) is 4.44. The van der Waals surface area contributed by atoms with Gasteiger partial charge in [0.05, 0.1) is 5.69 Å². The lowest BCUT2D eigenvalue weighted by Crippen LogP contribution is -2.15. The van der Waals surface area contributed by atoms with Gasteiger partial charge in [0, 0.05) is 4.47 Å². The van der Waals surface area contributed by atoms with Crippen LogP contribution in [0, 0.1) is 25.2 Å². The van der Waals surface area contributed by atoms with Gasteiger partial charge in [-0.1, -0.05) is 45.8 Å². The topological polar surface area (TPSA) is 70.0 Å². The number of allylic oxidation sites excluding steroid dienone is 1. The van der Waals surface area contributed by atoms with Gasteiger partial charge in [0.25, 0.3) is 10.0 Å². The van der Waals surface area contributed by atoms with Crippen LogP contribution >= 0.6 is 15.9 Å². The molecule has 0 saturated carbocycles. The van der Waals surface area contributed by atoms with Gasteiger partial charge in [0.2, 0.25) is 0 Å². The van der Waals surface area contributed by atoms with E-state index in [2.05, 4.69) is 20.7 Å². The zero-order chi connectivity index (χ0) is 17.0. The molecular formula is C17H15BrN2O2S. The molecule has 0 fully saturated rings. The summed E-state index contributed by atoms with van der Waals surface area (Å²) in [5.74, 6) is 0. The molecule has 2 aromatic carbocycles. The standard InChI is InChI=1S/C17H15BrN2O2S/c1-12-3-8-17(13(2)9-12)20-23(21,22)16(11-19)10-14-4-6-15(18)7-5-14/h3-10,20H,1-2H3/b16-10+. The van der Waals surface area contributed by atoms with Crippen LogP contribution in [0.1, 0.15) is 16.7 Å². The number of benzene rings is 2. The fraction of sp³-hybridized carbons (Fsp3) is 0.118. The summed E-state index contributed by atoms with van der Waals surface area (Å²) in [5.41, 5.74) is 2.94. The van der Waals surface area contributed by atoms with Crippen molar-refractivity contribution in [2.45, 2.75) is 13.8 Å². The van der Waals surface area contributed by atoms with Crippen molar-refractivity contribution in [2.75, 3.05) is 4.72 Å². The van der Waals surface area contributed by atoms with E-state index in [0.717, 1.165) is 15.6 Å². The molecule has 0 saturated heterocycles. The minimum absolute atomic E-state index is 0.334. The van der Waals surface area contributed by atoms with Gasteiger partial charge >= 0.3 is 0 Å². The van der Waals surface area contributed by atoms with E-state index in [-0.39, 0.29) is 4.91 Å². The van der Waals surface area contributed by atoms with Crippen LogP contribution in [0.3, 0.4) is 0 Å². The third-order valence-electron chi connectivity index (χ3n) is 3.19. The van der Waals surface area contributed by atoms with E-state index in [1.54, 1.807) is 36.4 Å². The van der Waals surface area contributed by atoms with Crippen LogP contribution in [-0.4, -0.2) is 8.42 Å². The fourth-order valence-corrected chi connectivity index (χ4v) is 3.31. The van der Waals surface area contributed by atoms with Crippen molar-refractivity contribution in [3.05, 3.63) is 68.5 Å². The number of sulfonamides is 1. The molecule has 0 spiro atoms. The van der Waals surface area contributed by atoms with Gasteiger partial charge in [-0.3, -0.25) is 4.72 Å². The maximum Gasteiger partial charge on any atom is 0.272 e. The highest BCUT2D eigenvalue weighted by molar-refractivity contribution is 9.10. The molecule has 0 bridgehead atoms. The highest BCUT2D eigenvalue weighted by Gasteiger charge is 2.18. The Labute approximate surface area is 144 Å². The molecule has 118 valence electrons. The fourth-order valence-electron chi connectivity index (χ4n) is 2.01. The summed E-state index contributed by atoms with van der Waals surface area (Å²) in [6, 6.07) is 14.2.